The van der Waals surface area contributed by atoms with Gasteiger partial charge in [-0.15, -0.1) is 0 Å². The van der Waals surface area contributed by atoms with Gasteiger partial charge in [-0.2, -0.15) is 0 Å². The van der Waals surface area contributed by atoms with Crippen LogP contribution in [-0.2, 0) is 4.74 Å². The zero-order valence-corrected chi connectivity index (χ0v) is 11.8. The fraction of sp³-hybridized carbons (Fsp3) is 0.615. The average molecular weight is 282 g/mol. The number of amides is 1. The summed E-state index contributed by atoms with van der Waals surface area (Å²) in [5.74, 6) is -0.906. The Balaban J connectivity index is 2.04. The molecule has 1 aromatic rings. The molecule has 1 amide bonds. The first-order chi connectivity index (χ1) is 9.28. The van der Waals surface area contributed by atoms with Gasteiger partial charge in [0, 0.05) is 19.0 Å². The summed E-state index contributed by atoms with van der Waals surface area (Å²) in [6.07, 6.45) is 1.43. The maximum Gasteiger partial charge on any atom is 0.410 e. The van der Waals surface area contributed by atoms with Crippen molar-refractivity contribution in [2.24, 2.45) is 0 Å². The van der Waals surface area contributed by atoms with Crippen LogP contribution >= 0.6 is 0 Å². The number of likely N-dealkylation sites (tertiary alicyclic amines) is 1. The van der Waals surface area contributed by atoms with Crippen molar-refractivity contribution in [3.05, 3.63) is 17.5 Å². The Labute approximate surface area is 116 Å². The van der Waals surface area contributed by atoms with Gasteiger partial charge in [-0.3, -0.25) is 0 Å². The Morgan fingerprint density at radius 1 is 1.50 bits per heavy atom. The van der Waals surface area contributed by atoms with Crippen LogP contribution in [-0.4, -0.2) is 45.9 Å². The normalized spacial score (nSPS) is 19.1. The van der Waals surface area contributed by atoms with E-state index in [1.165, 1.54) is 6.20 Å². The zero-order valence-electron chi connectivity index (χ0n) is 11.8. The Hall–Kier alpha value is -2.05. The Bertz CT molecular complexity index is 517. The lowest BCUT2D eigenvalue weighted by atomic mass is 10.0. The van der Waals surface area contributed by atoms with E-state index in [9.17, 15) is 9.59 Å². The van der Waals surface area contributed by atoms with Crippen LogP contribution < -0.4 is 0 Å². The van der Waals surface area contributed by atoms with Crippen molar-refractivity contribution in [2.45, 2.75) is 38.7 Å². The summed E-state index contributed by atoms with van der Waals surface area (Å²) in [6, 6.07) is 0. The first-order valence-electron chi connectivity index (χ1n) is 6.43. The molecule has 7 nitrogen and oxygen atoms in total. The Morgan fingerprint density at radius 2 is 2.20 bits per heavy atom. The molecule has 0 aromatic carbocycles. The third-order valence-electron chi connectivity index (χ3n) is 3.04. The molecule has 0 radical (unpaired) electrons. The highest BCUT2D eigenvalue weighted by Crippen LogP contribution is 2.30. The molecular formula is C13H18N2O5. The molecule has 0 aliphatic carbocycles. The largest absolute Gasteiger partial charge is 0.478 e. The number of carboxylic acids is 1. The molecule has 1 N–H and O–H groups in total. The van der Waals surface area contributed by atoms with Gasteiger partial charge < -0.3 is 19.3 Å². The van der Waals surface area contributed by atoms with Gasteiger partial charge in [0.2, 0.25) is 0 Å². The number of ether oxygens (including phenoxy) is 1. The van der Waals surface area contributed by atoms with E-state index < -0.39 is 17.7 Å². The second-order valence-corrected chi connectivity index (χ2v) is 5.82. The summed E-state index contributed by atoms with van der Waals surface area (Å²) >= 11 is 0. The van der Waals surface area contributed by atoms with E-state index in [0.717, 1.165) is 0 Å². The lowest BCUT2D eigenvalue weighted by Crippen LogP contribution is -2.35. The predicted molar refractivity (Wildman–Crippen MR) is 68.6 cm³/mol. The van der Waals surface area contributed by atoms with Gasteiger partial charge in [0.15, 0.2) is 5.76 Å². The molecule has 0 spiro atoms. The topological polar surface area (TPSA) is 92.9 Å². The van der Waals surface area contributed by atoms with Gasteiger partial charge in [0.05, 0.1) is 6.20 Å². The number of aromatic nitrogens is 1. The molecule has 0 bridgehead atoms. The number of carbonyl (C=O) groups excluding carboxylic acids is 1. The minimum Gasteiger partial charge on any atom is -0.478 e. The van der Waals surface area contributed by atoms with Gasteiger partial charge in [-0.05, 0) is 27.2 Å². The minimum atomic E-state index is -1.07. The standard InChI is InChI=1S/C13H18N2O5/c1-13(2,3)19-12(18)15-5-4-8(7-15)10-9(11(16)17)6-14-20-10/h6,8H,4-5,7H2,1-3H3,(H,16,17). The summed E-state index contributed by atoms with van der Waals surface area (Å²) in [5.41, 5.74) is -0.491. The number of carboxylic acid groups (broad SMARTS) is 1. The second-order valence-electron chi connectivity index (χ2n) is 5.82. The average Bonchev–Trinajstić information content (AvgIpc) is 2.95. The number of aromatic carboxylic acids is 1. The molecule has 7 heteroatoms. The summed E-state index contributed by atoms with van der Waals surface area (Å²) in [5, 5.41) is 12.6. The van der Waals surface area contributed by atoms with E-state index >= 15 is 0 Å². The van der Waals surface area contributed by atoms with Crippen molar-refractivity contribution in [3.8, 4) is 0 Å². The molecule has 1 unspecified atom stereocenters. The molecule has 1 aliphatic rings. The van der Waals surface area contributed by atoms with Crippen molar-refractivity contribution < 1.29 is 24.0 Å². The number of hydrogen-bond acceptors (Lipinski definition) is 5. The fourth-order valence-electron chi connectivity index (χ4n) is 2.17. The zero-order chi connectivity index (χ0) is 14.9. The summed E-state index contributed by atoms with van der Waals surface area (Å²) in [4.78, 5) is 24.5. The van der Waals surface area contributed by atoms with Gasteiger partial charge in [0.25, 0.3) is 0 Å². The second kappa shape index (κ2) is 5.15. The lowest BCUT2D eigenvalue weighted by molar-refractivity contribution is 0.0291. The van der Waals surface area contributed by atoms with Gasteiger partial charge in [-0.25, -0.2) is 9.59 Å². The number of nitrogens with zero attached hydrogens (tertiary/aromatic N) is 2. The van der Waals surface area contributed by atoms with Crippen LogP contribution in [0.3, 0.4) is 0 Å². The van der Waals surface area contributed by atoms with Crippen LogP contribution in [0.1, 0.15) is 49.2 Å². The molecule has 1 fully saturated rings. The number of carbonyl (C=O) groups is 2. The smallest absolute Gasteiger partial charge is 0.410 e. The Kier molecular flexibility index (Phi) is 3.69. The SMILES string of the molecule is CC(C)(C)OC(=O)N1CCC(c2oncc2C(=O)O)C1. The van der Waals surface area contributed by atoms with Gasteiger partial charge in [0.1, 0.15) is 11.2 Å². The third kappa shape index (κ3) is 3.09. The maximum atomic E-state index is 11.9. The molecule has 2 heterocycles. The van der Waals surface area contributed by atoms with Gasteiger partial charge in [-0.1, -0.05) is 5.16 Å². The molecule has 2 rings (SSSR count). The predicted octanol–water partition coefficient (Wildman–Crippen LogP) is 2.10. The van der Waals surface area contributed by atoms with Crippen molar-refractivity contribution in [1.82, 2.24) is 10.1 Å². The van der Waals surface area contributed by atoms with Gasteiger partial charge >= 0.3 is 12.1 Å². The van der Waals surface area contributed by atoms with E-state index in [-0.39, 0.29) is 11.5 Å². The van der Waals surface area contributed by atoms with Crippen LogP contribution in [0.4, 0.5) is 4.79 Å². The van der Waals surface area contributed by atoms with Crippen LogP contribution in [0.2, 0.25) is 0 Å². The Morgan fingerprint density at radius 3 is 2.80 bits per heavy atom. The first-order valence-corrected chi connectivity index (χ1v) is 6.43. The quantitative estimate of drug-likeness (QED) is 0.892. The summed E-state index contributed by atoms with van der Waals surface area (Å²) in [7, 11) is 0. The highest BCUT2D eigenvalue weighted by Gasteiger charge is 2.34. The monoisotopic (exact) mass is 282 g/mol. The van der Waals surface area contributed by atoms with Crippen LogP contribution in [0.15, 0.2) is 10.7 Å². The number of hydrogen-bond donors (Lipinski definition) is 1. The van der Waals surface area contributed by atoms with Crippen molar-refractivity contribution >= 4 is 12.1 Å². The van der Waals surface area contributed by atoms with E-state index in [0.29, 0.717) is 25.3 Å². The molecule has 20 heavy (non-hydrogen) atoms. The van der Waals surface area contributed by atoms with E-state index in [2.05, 4.69) is 5.16 Å². The summed E-state index contributed by atoms with van der Waals surface area (Å²) < 4.78 is 10.3. The van der Waals surface area contributed by atoms with Crippen LogP contribution in [0, 0.1) is 0 Å². The first kappa shape index (κ1) is 14.4. The third-order valence-corrected chi connectivity index (χ3v) is 3.04. The van der Waals surface area contributed by atoms with Crippen LogP contribution in [0.5, 0.6) is 0 Å². The van der Waals surface area contributed by atoms with E-state index in [1.54, 1.807) is 25.7 Å². The number of rotatable bonds is 2. The maximum absolute atomic E-state index is 11.9. The highest BCUT2D eigenvalue weighted by molar-refractivity contribution is 5.88. The lowest BCUT2D eigenvalue weighted by Gasteiger charge is -2.24. The molecule has 1 aromatic heterocycles. The van der Waals surface area contributed by atoms with Crippen LogP contribution in [0.25, 0.3) is 0 Å². The van der Waals surface area contributed by atoms with Crippen molar-refractivity contribution in [1.29, 1.82) is 0 Å². The highest BCUT2D eigenvalue weighted by atomic mass is 16.6. The molecular weight excluding hydrogens is 264 g/mol. The van der Waals surface area contributed by atoms with E-state index in [1.807, 2.05) is 0 Å². The molecule has 0 saturated carbocycles. The molecule has 1 aliphatic heterocycles. The van der Waals surface area contributed by atoms with Crippen molar-refractivity contribution in [2.75, 3.05) is 13.1 Å². The molecule has 110 valence electrons. The minimum absolute atomic E-state index is 0.0565. The molecule has 1 saturated heterocycles. The fourth-order valence-corrected chi connectivity index (χ4v) is 2.17. The van der Waals surface area contributed by atoms with Crippen molar-refractivity contribution in [3.63, 3.8) is 0 Å². The molecule has 1 atom stereocenters. The summed E-state index contributed by atoms with van der Waals surface area (Å²) in [6.45, 7) is 6.30. The van der Waals surface area contributed by atoms with E-state index in [4.69, 9.17) is 14.4 Å².